The number of rotatable bonds is 2. The van der Waals surface area contributed by atoms with Crippen LogP contribution < -0.4 is 10.5 Å². The fourth-order valence-electron chi connectivity index (χ4n) is 3.08. The summed E-state index contributed by atoms with van der Waals surface area (Å²) < 4.78 is 18.0. The maximum absolute atomic E-state index is 6.11. The van der Waals surface area contributed by atoms with E-state index in [1.54, 1.807) is 0 Å². The van der Waals surface area contributed by atoms with E-state index in [9.17, 15) is 0 Å². The van der Waals surface area contributed by atoms with Gasteiger partial charge in [-0.3, -0.25) is 0 Å². The van der Waals surface area contributed by atoms with E-state index in [2.05, 4.69) is 46.4 Å². The van der Waals surface area contributed by atoms with Crippen LogP contribution >= 0.6 is 0 Å². The Hall–Kier alpha value is -1.11. The van der Waals surface area contributed by atoms with Gasteiger partial charge in [0, 0.05) is 13.1 Å². The summed E-state index contributed by atoms with van der Waals surface area (Å²) in [5.74, 6) is 0.958. The Kier molecular flexibility index (Phi) is 4.19. The lowest BCUT2D eigenvalue weighted by molar-refractivity contribution is -0.00544. The lowest BCUT2D eigenvalue weighted by Gasteiger charge is -2.36. The van der Waals surface area contributed by atoms with E-state index in [4.69, 9.17) is 19.0 Å². The third kappa shape index (κ3) is 3.25. The van der Waals surface area contributed by atoms with E-state index in [-0.39, 0.29) is 23.4 Å². The molecule has 0 saturated carbocycles. The maximum atomic E-state index is 6.11. The Morgan fingerprint density at radius 3 is 2.17 bits per heavy atom. The molecule has 2 fully saturated rings. The van der Waals surface area contributed by atoms with Crippen molar-refractivity contribution in [3.63, 3.8) is 0 Å². The molecule has 2 aliphatic rings. The van der Waals surface area contributed by atoms with Crippen LogP contribution in [-0.4, -0.2) is 48.6 Å². The summed E-state index contributed by atoms with van der Waals surface area (Å²) in [5, 5.41) is 0. The van der Waals surface area contributed by atoms with E-state index < -0.39 is 7.12 Å². The van der Waals surface area contributed by atoms with Crippen LogP contribution in [0.2, 0.25) is 0 Å². The van der Waals surface area contributed by atoms with Crippen LogP contribution in [-0.2, 0) is 14.0 Å². The normalized spacial score (nSPS) is 29.8. The number of morpholine rings is 1. The van der Waals surface area contributed by atoms with Crippen LogP contribution in [0.25, 0.3) is 0 Å². The summed E-state index contributed by atoms with van der Waals surface area (Å²) >= 11 is 0. The molecule has 6 heteroatoms. The standard InChI is InChI=1S/C17H27BN2O3/c1-12-10-20(11-13(2)21-12)15-9-7-8-14(19-15)18-22-16(3,4)17(5,6)23-18/h7-9,12-13H,10-11H2,1-6H3. The predicted octanol–water partition coefficient (Wildman–Crippen LogP) is 1.99. The molecule has 0 aromatic carbocycles. The fraction of sp³-hybridized carbons (Fsp3) is 0.706. The zero-order chi connectivity index (χ0) is 16.8. The van der Waals surface area contributed by atoms with Gasteiger partial charge in [-0.15, -0.1) is 0 Å². The Bertz CT molecular complexity index is 553. The zero-order valence-corrected chi connectivity index (χ0v) is 15.0. The summed E-state index contributed by atoms with van der Waals surface area (Å²) in [6.07, 6.45) is 0.419. The van der Waals surface area contributed by atoms with Crippen molar-refractivity contribution >= 4 is 18.5 Å². The highest BCUT2D eigenvalue weighted by atomic mass is 16.7. The molecule has 0 N–H and O–H groups in total. The highest BCUT2D eigenvalue weighted by molar-refractivity contribution is 6.61. The van der Waals surface area contributed by atoms with E-state index >= 15 is 0 Å². The van der Waals surface area contributed by atoms with Crippen LogP contribution in [0.1, 0.15) is 41.5 Å². The Morgan fingerprint density at radius 1 is 1.04 bits per heavy atom. The molecule has 1 aromatic rings. The van der Waals surface area contributed by atoms with E-state index in [0.29, 0.717) is 0 Å². The monoisotopic (exact) mass is 318 g/mol. The molecular formula is C17H27BN2O3. The molecule has 126 valence electrons. The molecule has 2 unspecified atom stereocenters. The molecule has 3 heterocycles. The Balaban J connectivity index is 1.81. The molecule has 2 aliphatic heterocycles. The number of hydrogen-bond acceptors (Lipinski definition) is 5. The maximum Gasteiger partial charge on any atom is 0.514 e. The number of anilines is 1. The second-order valence-corrected chi connectivity index (χ2v) is 7.67. The molecule has 2 atom stereocenters. The van der Waals surface area contributed by atoms with Crippen LogP contribution in [0.15, 0.2) is 18.2 Å². The van der Waals surface area contributed by atoms with Crippen LogP contribution in [0, 0.1) is 0 Å². The Morgan fingerprint density at radius 2 is 1.61 bits per heavy atom. The summed E-state index contributed by atoms with van der Waals surface area (Å²) in [7, 11) is -0.421. The third-order valence-electron chi connectivity index (χ3n) is 4.99. The molecule has 23 heavy (non-hydrogen) atoms. The van der Waals surface area contributed by atoms with Crippen molar-refractivity contribution in [2.24, 2.45) is 0 Å². The molecule has 2 saturated heterocycles. The highest BCUT2D eigenvalue weighted by Crippen LogP contribution is 2.36. The molecule has 0 radical (unpaired) electrons. The summed E-state index contributed by atoms with van der Waals surface area (Å²) in [6.45, 7) is 14.1. The first-order valence-corrected chi connectivity index (χ1v) is 8.41. The van der Waals surface area contributed by atoms with Gasteiger partial charge in [-0.1, -0.05) is 6.07 Å². The topological polar surface area (TPSA) is 43.8 Å². The van der Waals surface area contributed by atoms with Gasteiger partial charge in [-0.2, -0.15) is 0 Å². The second-order valence-electron chi connectivity index (χ2n) is 7.67. The van der Waals surface area contributed by atoms with Gasteiger partial charge in [0.2, 0.25) is 0 Å². The van der Waals surface area contributed by atoms with Gasteiger partial charge >= 0.3 is 7.12 Å². The number of ether oxygens (including phenoxy) is 1. The molecule has 3 rings (SSSR count). The lowest BCUT2D eigenvalue weighted by Crippen LogP contribution is -2.47. The van der Waals surface area contributed by atoms with Crippen molar-refractivity contribution in [3.05, 3.63) is 18.2 Å². The SMILES string of the molecule is CC1CN(c2cccc(B3OC(C)(C)C(C)(C)O3)n2)CC(C)O1. The average molecular weight is 318 g/mol. The smallest absolute Gasteiger partial charge is 0.398 e. The predicted molar refractivity (Wildman–Crippen MR) is 92.2 cm³/mol. The van der Waals surface area contributed by atoms with E-state index in [1.165, 1.54) is 0 Å². The molecule has 1 aromatic heterocycles. The first-order valence-electron chi connectivity index (χ1n) is 8.41. The van der Waals surface area contributed by atoms with E-state index in [0.717, 1.165) is 24.5 Å². The molecule has 0 spiro atoms. The molecular weight excluding hydrogens is 291 g/mol. The largest absolute Gasteiger partial charge is 0.514 e. The van der Waals surface area contributed by atoms with Gasteiger partial charge in [0.25, 0.3) is 0 Å². The van der Waals surface area contributed by atoms with Crippen LogP contribution in [0.5, 0.6) is 0 Å². The summed E-state index contributed by atoms with van der Waals surface area (Å²) in [5.41, 5.74) is 0.127. The minimum absolute atomic E-state index is 0.209. The van der Waals surface area contributed by atoms with Crippen LogP contribution in [0.4, 0.5) is 5.82 Å². The van der Waals surface area contributed by atoms with Crippen molar-refractivity contribution in [3.8, 4) is 0 Å². The minimum Gasteiger partial charge on any atom is -0.398 e. The quantitative estimate of drug-likeness (QED) is 0.780. The molecule has 0 aliphatic carbocycles. The van der Waals surface area contributed by atoms with Crippen molar-refractivity contribution in [2.45, 2.75) is 65.0 Å². The van der Waals surface area contributed by atoms with Crippen molar-refractivity contribution < 1.29 is 14.0 Å². The number of aromatic nitrogens is 1. The van der Waals surface area contributed by atoms with Gasteiger partial charge < -0.3 is 18.9 Å². The Labute approximate surface area is 139 Å². The van der Waals surface area contributed by atoms with Crippen molar-refractivity contribution in [2.75, 3.05) is 18.0 Å². The summed E-state index contributed by atoms with van der Waals surface area (Å²) in [4.78, 5) is 7.07. The van der Waals surface area contributed by atoms with Crippen molar-refractivity contribution in [1.29, 1.82) is 0 Å². The number of nitrogens with zero attached hydrogens (tertiary/aromatic N) is 2. The van der Waals surface area contributed by atoms with Gasteiger partial charge in [-0.05, 0) is 53.7 Å². The van der Waals surface area contributed by atoms with Crippen LogP contribution in [0.3, 0.4) is 0 Å². The van der Waals surface area contributed by atoms with Gasteiger partial charge in [0.1, 0.15) is 5.82 Å². The highest BCUT2D eigenvalue weighted by Gasteiger charge is 2.52. The summed E-state index contributed by atoms with van der Waals surface area (Å²) in [6, 6.07) is 6.03. The minimum atomic E-state index is -0.421. The van der Waals surface area contributed by atoms with Gasteiger partial charge in [0.05, 0.1) is 29.0 Å². The fourth-order valence-corrected chi connectivity index (χ4v) is 3.08. The zero-order valence-electron chi connectivity index (χ0n) is 15.0. The lowest BCUT2D eigenvalue weighted by atomic mass is 9.84. The second kappa shape index (κ2) is 5.76. The first kappa shape index (κ1) is 16.7. The van der Waals surface area contributed by atoms with E-state index in [1.807, 2.05) is 18.2 Å². The first-order chi connectivity index (χ1) is 10.7. The average Bonchev–Trinajstić information content (AvgIpc) is 2.67. The number of hydrogen-bond donors (Lipinski definition) is 0. The van der Waals surface area contributed by atoms with Gasteiger partial charge in [0.15, 0.2) is 0 Å². The van der Waals surface area contributed by atoms with Gasteiger partial charge in [-0.25, -0.2) is 4.98 Å². The molecule has 0 amide bonds. The number of pyridine rings is 1. The van der Waals surface area contributed by atoms with Crippen molar-refractivity contribution in [1.82, 2.24) is 4.98 Å². The molecule has 5 nitrogen and oxygen atoms in total. The third-order valence-corrected chi connectivity index (χ3v) is 4.99. The molecule has 0 bridgehead atoms.